The molecule has 0 bridgehead atoms. The summed E-state index contributed by atoms with van der Waals surface area (Å²) in [6.45, 7) is 6.64. The Kier molecular flexibility index (Phi) is 6.02. The largest absolute Gasteiger partial charge is 0.378 e. The maximum atomic E-state index is 13.8. The number of morpholine rings is 1. The normalized spacial score (nSPS) is 20.6. The van der Waals surface area contributed by atoms with Gasteiger partial charge in [0.25, 0.3) is 0 Å². The molecule has 2 aromatic carbocycles. The van der Waals surface area contributed by atoms with Gasteiger partial charge in [0.15, 0.2) is 0 Å². The minimum atomic E-state index is -0.235. The molecule has 182 valence electrons. The van der Waals surface area contributed by atoms with Gasteiger partial charge in [-0.2, -0.15) is 0 Å². The third-order valence-electron chi connectivity index (χ3n) is 7.96. The highest BCUT2D eigenvalue weighted by molar-refractivity contribution is 5.84. The SMILES string of the molecule is O=C1N(Cc2cccc(N3CCOCC3)c2)CCCC12CCN(c1cnc3ccccc3n1)CC2. The van der Waals surface area contributed by atoms with Gasteiger partial charge in [0.1, 0.15) is 5.82 Å². The van der Waals surface area contributed by atoms with E-state index < -0.39 is 0 Å². The van der Waals surface area contributed by atoms with Crippen LogP contribution in [0.2, 0.25) is 0 Å². The molecular formula is C28H33N5O2. The molecule has 1 spiro atoms. The van der Waals surface area contributed by atoms with Gasteiger partial charge in [-0.05, 0) is 55.5 Å². The fourth-order valence-corrected chi connectivity index (χ4v) is 5.92. The summed E-state index contributed by atoms with van der Waals surface area (Å²) in [5.41, 5.74) is 4.05. The van der Waals surface area contributed by atoms with Gasteiger partial charge in [-0.1, -0.05) is 24.3 Å². The number of amides is 1. The summed E-state index contributed by atoms with van der Waals surface area (Å²) in [5, 5.41) is 0. The fourth-order valence-electron chi connectivity index (χ4n) is 5.92. The maximum Gasteiger partial charge on any atom is 0.229 e. The Bertz CT molecular complexity index is 1200. The van der Waals surface area contributed by atoms with Crippen LogP contribution in [0.3, 0.4) is 0 Å². The molecule has 0 atom stereocenters. The number of fused-ring (bicyclic) bond motifs is 1. The highest BCUT2D eigenvalue weighted by atomic mass is 16.5. The van der Waals surface area contributed by atoms with Crippen molar-refractivity contribution in [3.05, 3.63) is 60.3 Å². The molecule has 7 heteroatoms. The van der Waals surface area contributed by atoms with Gasteiger partial charge in [-0.15, -0.1) is 0 Å². The van der Waals surface area contributed by atoms with Crippen molar-refractivity contribution < 1.29 is 9.53 Å². The Hall–Kier alpha value is -3.19. The van der Waals surface area contributed by atoms with E-state index in [-0.39, 0.29) is 5.41 Å². The van der Waals surface area contributed by atoms with Crippen LogP contribution in [0.25, 0.3) is 11.0 Å². The van der Waals surface area contributed by atoms with Crippen molar-refractivity contribution in [3.8, 4) is 0 Å². The number of nitrogens with zero attached hydrogens (tertiary/aromatic N) is 5. The summed E-state index contributed by atoms with van der Waals surface area (Å²) in [4.78, 5) is 29.9. The molecule has 0 saturated carbocycles. The molecule has 3 aliphatic heterocycles. The summed E-state index contributed by atoms with van der Waals surface area (Å²) < 4.78 is 5.50. The zero-order chi connectivity index (χ0) is 23.7. The summed E-state index contributed by atoms with van der Waals surface area (Å²) in [6, 6.07) is 16.7. The molecule has 3 saturated heterocycles. The number of anilines is 2. The third-order valence-corrected chi connectivity index (χ3v) is 7.96. The number of piperidine rings is 2. The molecule has 1 amide bonds. The van der Waals surface area contributed by atoms with Crippen molar-refractivity contribution in [3.63, 3.8) is 0 Å². The number of hydrogen-bond donors (Lipinski definition) is 0. The number of likely N-dealkylation sites (tertiary alicyclic amines) is 1. The van der Waals surface area contributed by atoms with Crippen LogP contribution in [-0.4, -0.2) is 66.7 Å². The second kappa shape index (κ2) is 9.46. The monoisotopic (exact) mass is 471 g/mol. The number of aromatic nitrogens is 2. The number of rotatable bonds is 4. The van der Waals surface area contributed by atoms with E-state index in [1.165, 1.54) is 11.3 Å². The van der Waals surface area contributed by atoms with Crippen molar-refractivity contribution in [2.24, 2.45) is 5.41 Å². The lowest BCUT2D eigenvalue weighted by atomic mass is 9.71. The molecule has 6 rings (SSSR count). The quantitative estimate of drug-likeness (QED) is 0.576. The zero-order valence-corrected chi connectivity index (χ0v) is 20.2. The van der Waals surface area contributed by atoms with Gasteiger partial charge < -0.3 is 19.4 Å². The molecule has 0 radical (unpaired) electrons. The molecule has 35 heavy (non-hydrogen) atoms. The molecule has 0 N–H and O–H groups in total. The number of hydrogen-bond acceptors (Lipinski definition) is 6. The lowest BCUT2D eigenvalue weighted by molar-refractivity contribution is -0.148. The molecule has 7 nitrogen and oxygen atoms in total. The first kappa shape index (κ1) is 22.3. The van der Waals surface area contributed by atoms with Crippen LogP contribution in [0.15, 0.2) is 54.7 Å². The van der Waals surface area contributed by atoms with Crippen molar-refractivity contribution in [2.45, 2.75) is 32.2 Å². The minimum absolute atomic E-state index is 0.235. The second-order valence-electron chi connectivity index (χ2n) is 10.1. The number of carbonyl (C=O) groups excluding carboxylic acids is 1. The van der Waals surface area contributed by atoms with Crippen molar-refractivity contribution in [2.75, 3.05) is 55.7 Å². The van der Waals surface area contributed by atoms with Crippen LogP contribution in [0.1, 0.15) is 31.2 Å². The van der Waals surface area contributed by atoms with Crippen molar-refractivity contribution in [1.82, 2.24) is 14.9 Å². The summed E-state index contributed by atoms with van der Waals surface area (Å²) >= 11 is 0. The van der Waals surface area contributed by atoms with Crippen molar-refractivity contribution >= 4 is 28.4 Å². The molecule has 0 unspecified atom stereocenters. The van der Waals surface area contributed by atoms with E-state index >= 15 is 0 Å². The number of ether oxygens (including phenoxy) is 1. The highest BCUT2D eigenvalue weighted by Gasteiger charge is 2.45. The Labute approximate surface area is 206 Å². The molecule has 4 heterocycles. The first-order valence-corrected chi connectivity index (χ1v) is 12.9. The van der Waals surface area contributed by atoms with Crippen LogP contribution >= 0.6 is 0 Å². The Morgan fingerprint density at radius 2 is 1.66 bits per heavy atom. The smallest absolute Gasteiger partial charge is 0.229 e. The average molecular weight is 472 g/mol. The molecule has 0 aliphatic carbocycles. The highest BCUT2D eigenvalue weighted by Crippen LogP contribution is 2.42. The minimum Gasteiger partial charge on any atom is -0.378 e. The maximum absolute atomic E-state index is 13.8. The van der Waals surface area contributed by atoms with Crippen LogP contribution in [-0.2, 0) is 16.1 Å². The lowest BCUT2D eigenvalue weighted by Crippen LogP contribution is -2.53. The average Bonchev–Trinajstić information content (AvgIpc) is 2.92. The fraction of sp³-hybridized carbons (Fsp3) is 0.464. The first-order chi connectivity index (χ1) is 17.2. The van der Waals surface area contributed by atoms with Gasteiger partial charge in [-0.3, -0.25) is 9.78 Å². The van der Waals surface area contributed by atoms with E-state index in [2.05, 4.69) is 43.9 Å². The second-order valence-corrected chi connectivity index (χ2v) is 10.1. The van der Waals surface area contributed by atoms with E-state index in [1.54, 1.807) is 0 Å². The predicted molar refractivity (Wildman–Crippen MR) is 138 cm³/mol. The van der Waals surface area contributed by atoms with Gasteiger partial charge in [0.05, 0.1) is 35.9 Å². The zero-order valence-electron chi connectivity index (χ0n) is 20.2. The van der Waals surface area contributed by atoms with Crippen LogP contribution in [0.4, 0.5) is 11.5 Å². The number of benzene rings is 2. The summed E-state index contributed by atoms with van der Waals surface area (Å²) in [7, 11) is 0. The van der Waals surface area contributed by atoms with Gasteiger partial charge in [-0.25, -0.2) is 4.98 Å². The number of carbonyl (C=O) groups is 1. The Morgan fingerprint density at radius 3 is 2.49 bits per heavy atom. The Balaban J connectivity index is 1.13. The lowest BCUT2D eigenvalue weighted by Gasteiger charge is -2.46. The molecule has 3 aromatic rings. The van der Waals surface area contributed by atoms with E-state index in [9.17, 15) is 4.79 Å². The Morgan fingerprint density at radius 1 is 0.857 bits per heavy atom. The molecular weight excluding hydrogens is 438 g/mol. The standard InChI is InChI=1S/C28H33N5O2/c34-27-28(10-13-32(14-11-28)26-20-29-24-7-1-2-8-25(24)30-26)9-4-12-33(27)21-22-5-3-6-23(19-22)31-15-17-35-18-16-31/h1-3,5-8,19-20H,4,9-18,21H2. The van der Waals surface area contributed by atoms with Gasteiger partial charge in [0, 0.05) is 45.0 Å². The summed E-state index contributed by atoms with van der Waals surface area (Å²) in [6.07, 6.45) is 5.70. The van der Waals surface area contributed by atoms with E-state index in [4.69, 9.17) is 9.72 Å². The molecule has 3 fully saturated rings. The topological polar surface area (TPSA) is 61.8 Å². The first-order valence-electron chi connectivity index (χ1n) is 12.9. The van der Waals surface area contributed by atoms with E-state index in [0.717, 1.165) is 88.5 Å². The van der Waals surface area contributed by atoms with Gasteiger partial charge in [0.2, 0.25) is 5.91 Å². The molecule has 3 aliphatic rings. The third kappa shape index (κ3) is 4.45. The summed E-state index contributed by atoms with van der Waals surface area (Å²) in [5.74, 6) is 1.25. The van der Waals surface area contributed by atoms with Gasteiger partial charge >= 0.3 is 0 Å². The van der Waals surface area contributed by atoms with E-state index in [1.807, 2.05) is 30.5 Å². The van der Waals surface area contributed by atoms with Crippen molar-refractivity contribution in [1.29, 1.82) is 0 Å². The van der Waals surface area contributed by atoms with Crippen LogP contribution in [0, 0.1) is 5.41 Å². The number of para-hydroxylation sites is 2. The predicted octanol–water partition coefficient (Wildman–Crippen LogP) is 3.88. The molecule has 1 aromatic heterocycles. The van der Waals surface area contributed by atoms with E-state index in [0.29, 0.717) is 12.5 Å². The van der Waals surface area contributed by atoms with Crippen LogP contribution in [0.5, 0.6) is 0 Å². The van der Waals surface area contributed by atoms with Crippen LogP contribution < -0.4 is 9.80 Å².